The van der Waals surface area contributed by atoms with Crippen molar-refractivity contribution in [1.29, 1.82) is 0 Å². The molecule has 1 amide bonds. The number of carboxylic acid groups (broad SMARTS) is 1. The predicted molar refractivity (Wildman–Crippen MR) is 96.1 cm³/mol. The maximum Gasteiger partial charge on any atom is 0.326 e. The molecule has 26 heavy (non-hydrogen) atoms. The average molecular weight is 362 g/mol. The molecule has 0 saturated carbocycles. The normalized spacial score (nSPS) is 21.8. The highest BCUT2D eigenvalue weighted by atomic mass is 19.1. The number of halogens is 1. The van der Waals surface area contributed by atoms with Gasteiger partial charge in [-0.1, -0.05) is 12.1 Å². The van der Waals surface area contributed by atoms with Crippen LogP contribution in [-0.2, 0) is 16.1 Å². The number of likely N-dealkylation sites (tertiary alicyclic amines) is 2. The van der Waals surface area contributed by atoms with Crippen molar-refractivity contribution < 1.29 is 19.1 Å². The number of hydrogen-bond acceptors (Lipinski definition) is 3. The zero-order valence-corrected chi connectivity index (χ0v) is 15.5. The minimum absolute atomic E-state index is 0.0346. The third-order valence-electron chi connectivity index (χ3n) is 6.07. The third-order valence-corrected chi connectivity index (χ3v) is 6.07. The lowest BCUT2D eigenvalue weighted by Crippen LogP contribution is -2.55. The van der Waals surface area contributed by atoms with Crippen molar-refractivity contribution in [2.75, 3.05) is 19.6 Å². The fourth-order valence-corrected chi connectivity index (χ4v) is 4.19. The summed E-state index contributed by atoms with van der Waals surface area (Å²) in [6.07, 6.45) is 3.21. The fraction of sp³-hybridized carbons (Fsp3) is 0.600. The van der Waals surface area contributed by atoms with Crippen molar-refractivity contribution in [3.05, 3.63) is 35.1 Å². The van der Waals surface area contributed by atoms with Gasteiger partial charge in [-0.2, -0.15) is 0 Å². The van der Waals surface area contributed by atoms with Gasteiger partial charge in [-0.25, -0.2) is 9.18 Å². The second-order valence-electron chi connectivity index (χ2n) is 7.90. The van der Waals surface area contributed by atoms with E-state index in [0.717, 1.165) is 44.5 Å². The van der Waals surface area contributed by atoms with Crippen molar-refractivity contribution in [2.45, 2.75) is 52.1 Å². The Hall–Kier alpha value is -1.95. The number of carboxylic acids is 1. The molecule has 3 rings (SSSR count). The summed E-state index contributed by atoms with van der Waals surface area (Å²) in [4.78, 5) is 27.4. The minimum atomic E-state index is -0.945. The van der Waals surface area contributed by atoms with Crippen LogP contribution in [-0.4, -0.2) is 52.5 Å². The third kappa shape index (κ3) is 3.90. The molecule has 1 unspecified atom stereocenters. The summed E-state index contributed by atoms with van der Waals surface area (Å²) < 4.78 is 13.4. The summed E-state index contributed by atoms with van der Waals surface area (Å²) in [7, 11) is 0. The summed E-state index contributed by atoms with van der Waals surface area (Å²) in [6.45, 7) is 6.54. The number of carbonyl (C=O) groups is 2. The van der Waals surface area contributed by atoms with Crippen molar-refractivity contribution >= 4 is 11.9 Å². The minimum Gasteiger partial charge on any atom is -0.480 e. The van der Waals surface area contributed by atoms with E-state index in [0.29, 0.717) is 18.5 Å². The molecule has 1 aromatic rings. The summed E-state index contributed by atoms with van der Waals surface area (Å²) in [5.74, 6) is -1.17. The quantitative estimate of drug-likeness (QED) is 0.895. The first-order valence-corrected chi connectivity index (χ1v) is 9.29. The van der Waals surface area contributed by atoms with Crippen LogP contribution in [0.1, 0.15) is 43.7 Å². The second-order valence-corrected chi connectivity index (χ2v) is 7.90. The lowest BCUT2D eigenvalue weighted by molar-refractivity contribution is -0.155. The molecule has 0 aromatic heterocycles. The van der Waals surface area contributed by atoms with E-state index in [2.05, 4.69) is 4.90 Å². The molecule has 6 heteroatoms. The number of aryl methyl sites for hydroxylation is 1. The van der Waals surface area contributed by atoms with Gasteiger partial charge in [-0.05, 0) is 68.8 Å². The van der Waals surface area contributed by atoms with E-state index in [9.17, 15) is 19.1 Å². The zero-order valence-electron chi connectivity index (χ0n) is 15.5. The summed E-state index contributed by atoms with van der Waals surface area (Å²) >= 11 is 0. The van der Waals surface area contributed by atoms with Crippen LogP contribution >= 0.6 is 0 Å². The van der Waals surface area contributed by atoms with Crippen LogP contribution in [0.2, 0.25) is 0 Å². The molecule has 2 fully saturated rings. The van der Waals surface area contributed by atoms with Crippen LogP contribution in [0.4, 0.5) is 4.39 Å². The number of nitrogens with zero attached hydrogens (tertiary/aromatic N) is 2. The number of rotatable bonds is 4. The SMILES string of the molecule is Cc1cc(CN2CCC3(CCC(=O)N(C(C)C(=O)O)C3)CC2)ccc1F. The Balaban J connectivity index is 1.61. The van der Waals surface area contributed by atoms with Crippen LogP contribution in [0.3, 0.4) is 0 Å². The smallest absolute Gasteiger partial charge is 0.326 e. The first kappa shape index (κ1) is 18.8. The van der Waals surface area contributed by atoms with Gasteiger partial charge in [0.25, 0.3) is 0 Å². The summed E-state index contributed by atoms with van der Waals surface area (Å²) in [6, 6.07) is 4.49. The molecule has 5 nitrogen and oxygen atoms in total. The Morgan fingerprint density at radius 2 is 2.00 bits per heavy atom. The Kier molecular flexibility index (Phi) is 5.32. The van der Waals surface area contributed by atoms with Gasteiger partial charge in [0.15, 0.2) is 0 Å². The van der Waals surface area contributed by atoms with E-state index < -0.39 is 12.0 Å². The van der Waals surface area contributed by atoms with Crippen LogP contribution < -0.4 is 0 Å². The standard InChI is InChI=1S/C20H27FN2O3/c1-14-11-16(3-4-17(14)21)12-22-9-7-20(8-10-22)6-5-18(24)23(13-20)15(2)19(25)26/h3-4,11,15H,5-10,12-13H2,1-2H3,(H,25,26). The molecular weight excluding hydrogens is 335 g/mol. The van der Waals surface area contributed by atoms with Gasteiger partial charge in [0.1, 0.15) is 11.9 Å². The highest BCUT2D eigenvalue weighted by Gasteiger charge is 2.43. The van der Waals surface area contributed by atoms with Gasteiger partial charge in [-0.15, -0.1) is 0 Å². The van der Waals surface area contributed by atoms with E-state index >= 15 is 0 Å². The first-order valence-electron chi connectivity index (χ1n) is 9.29. The Morgan fingerprint density at radius 3 is 2.62 bits per heavy atom. The van der Waals surface area contributed by atoms with E-state index in [4.69, 9.17) is 0 Å². The van der Waals surface area contributed by atoms with Gasteiger partial charge in [0.05, 0.1) is 0 Å². The van der Waals surface area contributed by atoms with E-state index in [1.165, 1.54) is 6.07 Å². The van der Waals surface area contributed by atoms with Crippen molar-refractivity contribution in [3.63, 3.8) is 0 Å². The topological polar surface area (TPSA) is 60.9 Å². The first-order chi connectivity index (χ1) is 12.3. The molecule has 0 radical (unpaired) electrons. The van der Waals surface area contributed by atoms with Gasteiger partial charge in [-0.3, -0.25) is 9.69 Å². The van der Waals surface area contributed by atoms with Crippen LogP contribution in [0.15, 0.2) is 18.2 Å². The lowest BCUT2D eigenvalue weighted by Gasteiger charge is -2.48. The van der Waals surface area contributed by atoms with E-state index in [1.54, 1.807) is 18.7 Å². The highest BCUT2D eigenvalue weighted by molar-refractivity contribution is 5.84. The summed E-state index contributed by atoms with van der Waals surface area (Å²) in [5.41, 5.74) is 1.81. The summed E-state index contributed by atoms with van der Waals surface area (Å²) in [5, 5.41) is 9.26. The number of aliphatic carboxylic acids is 1. The van der Waals surface area contributed by atoms with Crippen LogP contribution in [0.5, 0.6) is 0 Å². The molecule has 1 spiro atoms. The van der Waals surface area contributed by atoms with Gasteiger partial charge < -0.3 is 10.0 Å². The highest BCUT2D eigenvalue weighted by Crippen LogP contribution is 2.41. The van der Waals surface area contributed by atoms with E-state index in [1.807, 2.05) is 12.1 Å². The Bertz CT molecular complexity index is 698. The molecule has 2 aliphatic rings. The van der Waals surface area contributed by atoms with Crippen molar-refractivity contribution in [2.24, 2.45) is 5.41 Å². The molecular formula is C20H27FN2O3. The number of benzene rings is 1. The van der Waals surface area contributed by atoms with Crippen molar-refractivity contribution in [1.82, 2.24) is 9.80 Å². The molecule has 2 saturated heterocycles. The lowest BCUT2D eigenvalue weighted by atomic mass is 9.72. The van der Waals surface area contributed by atoms with Gasteiger partial charge in [0.2, 0.25) is 5.91 Å². The van der Waals surface area contributed by atoms with Crippen LogP contribution in [0.25, 0.3) is 0 Å². The van der Waals surface area contributed by atoms with Crippen molar-refractivity contribution in [3.8, 4) is 0 Å². The average Bonchev–Trinajstić information content (AvgIpc) is 2.62. The molecule has 142 valence electrons. The number of carbonyl (C=O) groups excluding carboxylic acids is 1. The fourth-order valence-electron chi connectivity index (χ4n) is 4.19. The molecule has 2 aliphatic heterocycles. The number of piperidine rings is 2. The molecule has 0 bridgehead atoms. The largest absolute Gasteiger partial charge is 0.480 e. The van der Waals surface area contributed by atoms with Crippen LogP contribution in [0, 0.1) is 18.2 Å². The number of amides is 1. The molecule has 1 atom stereocenters. The maximum atomic E-state index is 13.4. The van der Waals surface area contributed by atoms with E-state index in [-0.39, 0.29) is 17.1 Å². The molecule has 0 aliphatic carbocycles. The molecule has 1 N–H and O–H groups in total. The predicted octanol–water partition coefficient (Wildman–Crippen LogP) is 2.81. The monoisotopic (exact) mass is 362 g/mol. The Labute approximate surface area is 153 Å². The molecule has 1 aromatic carbocycles. The Morgan fingerprint density at radius 1 is 1.31 bits per heavy atom. The second kappa shape index (κ2) is 7.35. The maximum absolute atomic E-state index is 13.4. The molecule has 2 heterocycles. The zero-order chi connectivity index (χ0) is 18.9. The number of hydrogen-bond donors (Lipinski definition) is 1. The van der Waals surface area contributed by atoms with Gasteiger partial charge >= 0.3 is 5.97 Å². The van der Waals surface area contributed by atoms with Gasteiger partial charge in [0, 0.05) is 19.5 Å².